The lowest BCUT2D eigenvalue weighted by molar-refractivity contribution is 0.0629. The van der Waals surface area contributed by atoms with E-state index >= 15 is 0 Å². The second-order valence-corrected chi connectivity index (χ2v) is 5.69. The highest BCUT2D eigenvalue weighted by atomic mass is 35.5. The molecule has 0 N–H and O–H groups in total. The normalized spacial score (nSPS) is 19.2. The molecule has 4 rings (SSSR count). The van der Waals surface area contributed by atoms with Crippen LogP contribution in [-0.2, 0) is 12.8 Å². The van der Waals surface area contributed by atoms with Crippen LogP contribution in [0.3, 0.4) is 0 Å². The van der Waals surface area contributed by atoms with E-state index in [1.807, 2.05) is 29.2 Å². The second-order valence-electron chi connectivity index (χ2n) is 5.28. The molecule has 0 fully saturated rings. The maximum Gasteiger partial charge on any atom is 0.256 e. The number of halogens is 2. The first kappa shape index (κ1) is 14.4. The van der Waals surface area contributed by atoms with Crippen LogP contribution >= 0.6 is 24.0 Å². The third-order valence-corrected chi connectivity index (χ3v) is 4.57. The zero-order chi connectivity index (χ0) is 13.7. The number of nitrogens with zero attached hydrogens (tertiary/aromatic N) is 2. The minimum absolute atomic E-state index is 0. The fourth-order valence-electron chi connectivity index (χ4n) is 3.31. The summed E-state index contributed by atoms with van der Waals surface area (Å²) in [6, 6.07) is 9.71. The third-order valence-electron chi connectivity index (χ3n) is 4.24. The summed E-state index contributed by atoms with van der Waals surface area (Å²) >= 11 is 6.38. The maximum absolute atomic E-state index is 12.6. The van der Waals surface area contributed by atoms with Crippen LogP contribution in [0.1, 0.15) is 33.2 Å². The van der Waals surface area contributed by atoms with E-state index in [0.29, 0.717) is 0 Å². The van der Waals surface area contributed by atoms with Crippen LogP contribution in [0.25, 0.3) is 0 Å². The number of pyridine rings is 1. The highest BCUT2D eigenvalue weighted by molar-refractivity contribution is 6.31. The van der Waals surface area contributed by atoms with Gasteiger partial charge >= 0.3 is 0 Å². The van der Waals surface area contributed by atoms with Gasteiger partial charge in [0.2, 0.25) is 0 Å². The monoisotopic (exact) mass is 320 g/mol. The Morgan fingerprint density at radius 2 is 2.10 bits per heavy atom. The number of hydrogen-bond donors (Lipinski definition) is 0. The van der Waals surface area contributed by atoms with Crippen LogP contribution in [0.2, 0.25) is 5.02 Å². The quantitative estimate of drug-likeness (QED) is 0.744. The lowest BCUT2D eigenvalue weighted by Crippen LogP contribution is -2.44. The predicted molar refractivity (Wildman–Crippen MR) is 84.1 cm³/mol. The molecule has 2 aliphatic heterocycles. The van der Waals surface area contributed by atoms with Gasteiger partial charge in [-0.3, -0.25) is 9.78 Å². The van der Waals surface area contributed by atoms with Crippen molar-refractivity contribution >= 4 is 29.9 Å². The summed E-state index contributed by atoms with van der Waals surface area (Å²) in [5, 5.41) is 0.754. The standard InChI is InChI=1S/C16H13ClN2O.ClH/c17-12-5-1-3-10-6-8-19-14(15(10)12)9-13-11(16(19)20)4-2-7-18-13;/h1-5,7,14H,6,8-9H2;1H. The Bertz CT molecular complexity index is 717. The van der Waals surface area contributed by atoms with E-state index in [4.69, 9.17) is 11.6 Å². The minimum Gasteiger partial charge on any atom is -0.331 e. The van der Waals surface area contributed by atoms with Crippen molar-refractivity contribution in [2.45, 2.75) is 18.9 Å². The number of benzene rings is 1. The highest BCUT2D eigenvalue weighted by Crippen LogP contribution is 2.40. The summed E-state index contributed by atoms with van der Waals surface area (Å²) in [5.74, 6) is 0.0786. The molecule has 2 aliphatic rings. The first-order valence-corrected chi connectivity index (χ1v) is 7.15. The average molecular weight is 321 g/mol. The Kier molecular flexibility index (Phi) is 3.64. The molecule has 3 heterocycles. The molecule has 0 saturated carbocycles. The van der Waals surface area contributed by atoms with Gasteiger partial charge in [0.15, 0.2) is 0 Å². The highest BCUT2D eigenvalue weighted by Gasteiger charge is 2.38. The smallest absolute Gasteiger partial charge is 0.256 e. The van der Waals surface area contributed by atoms with E-state index in [1.54, 1.807) is 6.20 Å². The zero-order valence-electron chi connectivity index (χ0n) is 11.3. The molecular formula is C16H14Cl2N2O. The molecule has 0 spiro atoms. The van der Waals surface area contributed by atoms with Gasteiger partial charge in [-0.15, -0.1) is 12.4 Å². The summed E-state index contributed by atoms with van der Waals surface area (Å²) in [4.78, 5) is 18.9. The summed E-state index contributed by atoms with van der Waals surface area (Å²) in [7, 11) is 0. The van der Waals surface area contributed by atoms with E-state index in [1.165, 1.54) is 5.56 Å². The van der Waals surface area contributed by atoms with Gasteiger partial charge in [-0.1, -0.05) is 23.7 Å². The molecule has 1 aromatic heterocycles. The largest absolute Gasteiger partial charge is 0.331 e. The van der Waals surface area contributed by atoms with Crippen molar-refractivity contribution in [3.05, 3.63) is 63.9 Å². The molecule has 1 unspecified atom stereocenters. The number of carbonyl (C=O) groups excluding carboxylic acids is 1. The first-order chi connectivity index (χ1) is 9.75. The van der Waals surface area contributed by atoms with Gasteiger partial charge in [-0.2, -0.15) is 0 Å². The Hall–Kier alpha value is -1.58. The maximum atomic E-state index is 12.6. The fraction of sp³-hybridized carbons (Fsp3) is 0.250. The Morgan fingerprint density at radius 1 is 1.24 bits per heavy atom. The van der Waals surface area contributed by atoms with Crippen LogP contribution in [0.15, 0.2) is 36.5 Å². The fourth-order valence-corrected chi connectivity index (χ4v) is 3.63. The molecule has 1 aromatic carbocycles. The van der Waals surface area contributed by atoms with Gasteiger partial charge in [-0.05, 0) is 35.7 Å². The summed E-state index contributed by atoms with van der Waals surface area (Å²) in [5.41, 5.74) is 3.97. The lowest BCUT2D eigenvalue weighted by atomic mass is 9.85. The van der Waals surface area contributed by atoms with Crippen molar-refractivity contribution in [1.82, 2.24) is 9.88 Å². The molecule has 2 aromatic rings. The van der Waals surface area contributed by atoms with E-state index < -0.39 is 0 Å². The van der Waals surface area contributed by atoms with Gasteiger partial charge in [-0.25, -0.2) is 0 Å². The zero-order valence-corrected chi connectivity index (χ0v) is 12.8. The number of carbonyl (C=O) groups is 1. The van der Waals surface area contributed by atoms with Crippen LogP contribution in [0, 0.1) is 0 Å². The van der Waals surface area contributed by atoms with E-state index in [2.05, 4.69) is 11.1 Å². The van der Waals surface area contributed by atoms with Crippen molar-refractivity contribution in [3.63, 3.8) is 0 Å². The Labute approximate surface area is 134 Å². The minimum atomic E-state index is 0. The Balaban J connectivity index is 0.00000132. The Morgan fingerprint density at radius 3 is 2.95 bits per heavy atom. The molecule has 0 aliphatic carbocycles. The molecule has 0 saturated heterocycles. The van der Waals surface area contributed by atoms with Crippen molar-refractivity contribution in [1.29, 1.82) is 0 Å². The van der Waals surface area contributed by atoms with Crippen LogP contribution < -0.4 is 0 Å². The van der Waals surface area contributed by atoms with Gasteiger partial charge in [0.1, 0.15) is 0 Å². The second kappa shape index (κ2) is 5.32. The van der Waals surface area contributed by atoms with Gasteiger partial charge in [0.05, 0.1) is 17.3 Å². The van der Waals surface area contributed by atoms with E-state index in [-0.39, 0.29) is 24.4 Å². The molecule has 0 radical (unpaired) electrons. The number of amides is 1. The van der Waals surface area contributed by atoms with Crippen molar-refractivity contribution in [3.8, 4) is 0 Å². The van der Waals surface area contributed by atoms with Crippen LogP contribution in [-0.4, -0.2) is 22.3 Å². The van der Waals surface area contributed by atoms with E-state index in [9.17, 15) is 4.79 Å². The predicted octanol–water partition coefficient (Wildman–Crippen LogP) is 3.45. The summed E-state index contributed by atoms with van der Waals surface area (Å²) < 4.78 is 0. The lowest BCUT2D eigenvalue weighted by Gasteiger charge is -2.41. The molecule has 108 valence electrons. The molecular weight excluding hydrogens is 307 g/mol. The average Bonchev–Trinajstić information content (AvgIpc) is 2.47. The summed E-state index contributed by atoms with van der Waals surface area (Å²) in [6.07, 6.45) is 3.37. The molecule has 3 nitrogen and oxygen atoms in total. The van der Waals surface area contributed by atoms with Gasteiger partial charge < -0.3 is 4.90 Å². The summed E-state index contributed by atoms with van der Waals surface area (Å²) in [6.45, 7) is 0.755. The van der Waals surface area contributed by atoms with Crippen molar-refractivity contribution in [2.75, 3.05) is 6.54 Å². The van der Waals surface area contributed by atoms with E-state index in [0.717, 1.165) is 41.2 Å². The molecule has 21 heavy (non-hydrogen) atoms. The SMILES string of the molecule is Cl.O=C1c2cccnc2CC2c3c(Cl)cccc3CCN12. The first-order valence-electron chi connectivity index (χ1n) is 6.78. The van der Waals surface area contributed by atoms with Crippen molar-refractivity contribution < 1.29 is 4.79 Å². The van der Waals surface area contributed by atoms with Crippen molar-refractivity contribution in [2.24, 2.45) is 0 Å². The van der Waals surface area contributed by atoms with Gasteiger partial charge in [0.25, 0.3) is 5.91 Å². The topological polar surface area (TPSA) is 33.2 Å². The molecule has 1 amide bonds. The molecule has 0 bridgehead atoms. The van der Waals surface area contributed by atoms with Crippen LogP contribution in [0.4, 0.5) is 0 Å². The van der Waals surface area contributed by atoms with Crippen LogP contribution in [0.5, 0.6) is 0 Å². The molecule has 5 heteroatoms. The number of fused-ring (bicyclic) bond motifs is 4. The number of rotatable bonds is 0. The van der Waals surface area contributed by atoms with Gasteiger partial charge in [0, 0.05) is 24.2 Å². The molecule has 1 atom stereocenters. The number of aromatic nitrogens is 1. The third kappa shape index (κ3) is 2.12. The number of hydrogen-bond acceptors (Lipinski definition) is 2.